The highest BCUT2D eigenvalue weighted by Gasteiger charge is 2.22. The number of hydrogen-bond donors (Lipinski definition) is 0. The number of ketones is 2. The van der Waals surface area contributed by atoms with Crippen molar-refractivity contribution in [2.75, 3.05) is 7.11 Å². The molecule has 0 saturated heterocycles. The van der Waals surface area contributed by atoms with Crippen molar-refractivity contribution in [1.82, 2.24) is 4.57 Å². The number of aryl methyl sites for hydroxylation is 1. The van der Waals surface area contributed by atoms with Gasteiger partial charge in [0, 0.05) is 27.4 Å². The van der Waals surface area contributed by atoms with Crippen LogP contribution in [0.3, 0.4) is 0 Å². The van der Waals surface area contributed by atoms with E-state index in [1.165, 1.54) is 13.2 Å². The number of Topliss-reactive ketones (excluding diaryl/α,β-unsaturated/α-hetero) is 1. The highest BCUT2D eigenvalue weighted by molar-refractivity contribution is 6.30. The summed E-state index contributed by atoms with van der Waals surface area (Å²) in [4.78, 5) is 25.7. The maximum atomic E-state index is 13.2. The summed E-state index contributed by atoms with van der Waals surface area (Å²) in [5.74, 6) is 0.200. The minimum atomic E-state index is -0.192. The fourth-order valence-corrected chi connectivity index (χ4v) is 4.23. The third kappa shape index (κ3) is 4.35. The summed E-state index contributed by atoms with van der Waals surface area (Å²) in [6, 6.07) is 18.9. The first-order valence-electron chi connectivity index (χ1n) is 10.6. The topological polar surface area (TPSA) is 48.3 Å². The highest BCUT2D eigenvalue weighted by Crippen LogP contribution is 2.35. The molecule has 4 aromatic rings. The van der Waals surface area contributed by atoms with Gasteiger partial charge in [0.1, 0.15) is 5.75 Å². The number of methoxy groups -OCH3 is 1. The van der Waals surface area contributed by atoms with E-state index in [1.807, 2.05) is 60.9 Å². The Hall–Kier alpha value is -3.63. The SMILES string of the molecule is COc1cc2c(C(C)=O)c(C)n(-c3ccc(C)cc3)c2cc1C(=O)/C=C/c1ccc(Cl)cc1. The van der Waals surface area contributed by atoms with Crippen LogP contribution in [0.15, 0.2) is 66.7 Å². The Kier molecular flexibility index (Phi) is 6.21. The minimum absolute atomic E-state index is 0.0351. The van der Waals surface area contributed by atoms with Gasteiger partial charge in [0.15, 0.2) is 11.6 Å². The molecule has 0 aliphatic heterocycles. The Labute approximate surface area is 198 Å². The van der Waals surface area contributed by atoms with Gasteiger partial charge in [-0.2, -0.15) is 0 Å². The van der Waals surface area contributed by atoms with E-state index in [-0.39, 0.29) is 11.6 Å². The van der Waals surface area contributed by atoms with Crippen molar-refractivity contribution in [1.29, 1.82) is 0 Å². The molecule has 0 fully saturated rings. The Morgan fingerprint density at radius 1 is 0.970 bits per heavy atom. The van der Waals surface area contributed by atoms with E-state index >= 15 is 0 Å². The molecule has 166 valence electrons. The first-order valence-corrected chi connectivity index (χ1v) is 11.0. The van der Waals surface area contributed by atoms with Gasteiger partial charge in [-0.05, 0) is 68.8 Å². The van der Waals surface area contributed by atoms with Crippen LogP contribution in [0.5, 0.6) is 5.75 Å². The second-order valence-electron chi connectivity index (χ2n) is 8.01. The molecular formula is C28H24ClNO3. The van der Waals surface area contributed by atoms with Crippen LogP contribution in [-0.4, -0.2) is 23.2 Å². The van der Waals surface area contributed by atoms with Crippen molar-refractivity contribution in [2.45, 2.75) is 20.8 Å². The quantitative estimate of drug-likeness (QED) is 0.231. The number of nitrogens with zero attached hydrogens (tertiary/aromatic N) is 1. The van der Waals surface area contributed by atoms with Gasteiger partial charge >= 0.3 is 0 Å². The van der Waals surface area contributed by atoms with Crippen LogP contribution in [0.1, 0.15) is 44.5 Å². The third-order valence-corrected chi connectivity index (χ3v) is 5.98. The Morgan fingerprint density at radius 2 is 1.64 bits per heavy atom. The van der Waals surface area contributed by atoms with Gasteiger partial charge in [-0.15, -0.1) is 0 Å². The van der Waals surface area contributed by atoms with Crippen LogP contribution >= 0.6 is 11.6 Å². The molecule has 4 nitrogen and oxygen atoms in total. The van der Waals surface area contributed by atoms with Gasteiger partial charge in [-0.25, -0.2) is 0 Å². The largest absolute Gasteiger partial charge is 0.496 e. The van der Waals surface area contributed by atoms with E-state index in [2.05, 4.69) is 0 Å². The standard InChI is InChI=1S/C28H24ClNO3/c1-17-5-12-22(13-6-17)30-18(2)28(19(3)31)23-16-27(33-4)24(15-25(23)30)26(32)14-9-20-7-10-21(29)11-8-20/h5-16H,1-4H3/b14-9+. The molecular weight excluding hydrogens is 434 g/mol. The molecule has 0 aliphatic rings. The molecule has 0 aliphatic carbocycles. The van der Waals surface area contributed by atoms with Crippen molar-refractivity contribution >= 4 is 40.1 Å². The number of halogens is 1. The number of benzene rings is 3. The van der Waals surface area contributed by atoms with Gasteiger partial charge in [0.25, 0.3) is 0 Å². The number of allylic oxidation sites excluding steroid dienone is 1. The van der Waals surface area contributed by atoms with E-state index in [1.54, 1.807) is 31.2 Å². The lowest BCUT2D eigenvalue weighted by atomic mass is 10.0. The van der Waals surface area contributed by atoms with Gasteiger partial charge in [-0.3, -0.25) is 9.59 Å². The molecule has 1 aromatic heterocycles. The summed E-state index contributed by atoms with van der Waals surface area (Å²) in [6.07, 6.45) is 3.26. The lowest BCUT2D eigenvalue weighted by Gasteiger charge is -2.11. The molecule has 33 heavy (non-hydrogen) atoms. The van der Waals surface area contributed by atoms with Crippen LogP contribution in [0.4, 0.5) is 0 Å². The molecule has 0 radical (unpaired) electrons. The summed E-state index contributed by atoms with van der Waals surface area (Å²) < 4.78 is 7.57. The molecule has 0 unspecified atom stereocenters. The third-order valence-electron chi connectivity index (χ3n) is 5.73. The van der Waals surface area contributed by atoms with Crippen LogP contribution in [0.25, 0.3) is 22.7 Å². The highest BCUT2D eigenvalue weighted by atomic mass is 35.5. The first-order chi connectivity index (χ1) is 15.8. The van der Waals surface area contributed by atoms with Crippen molar-refractivity contribution in [3.63, 3.8) is 0 Å². The summed E-state index contributed by atoms with van der Waals surface area (Å²) in [5, 5.41) is 1.40. The predicted octanol–water partition coefficient (Wildman–Crippen LogP) is 7.01. The number of fused-ring (bicyclic) bond motifs is 1. The van der Waals surface area contributed by atoms with Crippen LogP contribution in [0.2, 0.25) is 5.02 Å². The van der Waals surface area contributed by atoms with E-state index in [9.17, 15) is 9.59 Å². The Balaban J connectivity index is 1.89. The zero-order valence-electron chi connectivity index (χ0n) is 19.0. The zero-order valence-corrected chi connectivity index (χ0v) is 19.7. The number of carbonyl (C=O) groups excluding carboxylic acids is 2. The average Bonchev–Trinajstić information content (AvgIpc) is 3.09. The molecule has 0 amide bonds. The lowest BCUT2D eigenvalue weighted by molar-refractivity contribution is 0.101. The fourth-order valence-electron chi connectivity index (χ4n) is 4.11. The Bertz CT molecular complexity index is 1390. The van der Waals surface area contributed by atoms with Crippen molar-refractivity contribution < 1.29 is 14.3 Å². The van der Waals surface area contributed by atoms with Crippen molar-refractivity contribution in [3.05, 3.63) is 99.7 Å². The number of ether oxygens (including phenoxy) is 1. The average molecular weight is 458 g/mol. The number of carbonyl (C=O) groups is 2. The molecule has 0 bridgehead atoms. The van der Waals surface area contributed by atoms with E-state index < -0.39 is 0 Å². The maximum Gasteiger partial charge on any atom is 0.189 e. The van der Waals surface area contributed by atoms with Gasteiger partial charge < -0.3 is 9.30 Å². The summed E-state index contributed by atoms with van der Waals surface area (Å²) in [7, 11) is 1.53. The molecule has 5 heteroatoms. The predicted molar refractivity (Wildman–Crippen MR) is 134 cm³/mol. The van der Waals surface area contributed by atoms with Crippen molar-refractivity contribution in [2.24, 2.45) is 0 Å². The maximum absolute atomic E-state index is 13.2. The normalized spacial score (nSPS) is 11.3. The first kappa shape index (κ1) is 22.6. The second-order valence-corrected chi connectivity index (χ2v) is 8.44. The number of rotatable bonds is 6. The zero-order chi connectivity index (χ0) is 23.7. The monoisotopic (exact) mass is 457 g/mol. The van der Waals surface area contributed by atoms with Gasteiger partial charge in [-0.1, -0.05) is 47.5 Å². The fraction of sp³-hybridized carbons (Fsp3) is 0.143. The van der Waals surface area contributed by atoms with Gasteiger partial charge in [0.2, 0.25) is 0 Å². The lowest BCUT2D eigenvalue weighted by Crippen LogP contribution is -2.01. The van der Waals surface area contributed by atoms with Crippen LogP contribution in [-0.2, 0) is 0 Å². The van der Waals surface area contributed by atoms with Crippen LogP contribution < -0.4 is 4.74 Å². The molecule has 0 spiro atoms. The van der Waals surface area contributed by atoms with Crippen molar-refractivity contribution in [3.8, 4) is 11.4 Å². The summed E-state index contributed by atoms with van der Waals surface area (Å²) >= 11 is 5.94. The van der Waals surface area contributed by atoms with Gasteiger partial charge in [0.05, 0.1) is 18.2 Å². The molecule has 1 heterocycles. The minimum Gasteiger partial charge on any atom is -0.496 e. The van der Waals surface area contributed by atoms with Crippen LogP contribution in [0, 0.1) is 13.8 Å². The summed E-state index contributed by atoms with van der Waals surface area (Å²) in [6.45, 7) is 5.51. The molecule has 0 atom stereocenters. The number of hydrogen-bond acceptors (Lipinski definition) is 3. The molecule has 0 saturated carbocycles. The van der Waals surface area contributed by atoms with E-state index in [4.69, 9.17) is 16.3 Å². The molecule has 0 N–H and O–H groups in total. The number of aromatic nitrogens is 1. The molecule has 3 aromatic carbocycles. The smallest absolute Gasteiger partial charge is 0.189 e. The second kappa shape index (κ2) is 9.08. The Morgan fingerprint density at radius 3 is 2.24 bits per heavy atom. The van der Waals surface area contributed by atoms with E-state index in [0.717, 1.165) is 33.4 Å². The van der Waals surface area contributed by atoms with E-state index in [0.29, 0.717) is 21.9 Å². The summed E-state index contributed by atoms with van der Waals surface area (Å²) in [5.41, 5.74) is 5.59. The molecule has 4 rings (SSSR count).